The third-order valence-corrected chi connectivity index (χ3v) is 6.34. The van der Waals surface area contributed by atoms with Crippen molar-refractivity contribution in [3.63, 3.8) is 0 Å². The van der Waals surface area contributed by atoms with Crippen molar-refractivity contribution in [1.29, 1.82) is 0 Å². The van der Waals surface area contributed by atoms with Gasteiger partial charge in [0.2, 0.25) is 0 Å². The van der Waals surface area contributed by atoms with E-state index >= 15 is 0 Å². The largest absolute Gasteiger partial charge is 0.703 e. The Balaban J connectivity index is 5.50. The Hall–Kier alpha value is 0.0600. The molecule has 0 bridgehead atoms. The molecule has 0 aliphatic heterocycles. The Labute approximate surface area is 84.7 Å². The standard InChI is InChI=1S/C3H7O9P3/c1-2-3(4,14(7,8)9)15(10,11)12-13(5)6/h2,4H,1H2,(H3-,5,6,7,8,9,10,11)/p+1. The van der Waals surface area contributed by atoms with Gasteiger partial charge in [0, 0.05) is 4.57 Å². The summed E-state index contributed by atoms with van der Waals surface area (Å²) in [6, 6.07) is 0. The van der Waals surface area contributed by atoms with Gasteiger partial charge in [-0.25, -0.2) is 0 Å². The maximum atomic E-state index is 11.1. The van der Waals surface area contributed by atoms with Gasteiger partial charge in [0.05, 0.1) is 0 Å². The quantitative estimate of drug-likeness (QED) is 0.340. The molecular formula is C3H8O9P3+. The van der Waals surface area contributed by atoms with Crippen molar-refractivity contribution in [2.45, 2.75) is 5.08 Å². The highest BCUT2D eigenvalue weighted by Gasteiger charge is 2.62. The number of rotatable bonds is 5. The molecule has 5 N–H and O–H groups in total. The highest BCUT2D eigenvalue weighted by Crippen LogP contribution is 2.72. The van der Waals surface area contributed by atoms with E-state index < -0.39 is 28.5 Å². The molecule has 0 amide bonds. The SMILES string of the molecule is C=CC(O)(P(=O)(O)O)P(=O)(O)O[P+](=O)O. The van der Waals surface area contributed by atoms with Gasteiger partial charge in [-0.3, -0.25) is 9.13 Å². The van der Waals surface area contributed by atoms with Crippen molar-refractivity contribution in [3.8, 4) is 0 Å². The first-order chi connectivity index (χ1) is 6.48. The predicted molar refractivity (Wildman–Crippen MR) is 47.9 cm³/mol. The second-order valence-electron chi connectivity index (χ2n) is 2.28. The van der Waals surface area contributed by atoms with E-state index in [-0.39, 0.29) is 6.08 Å². The minimum absolute atomic E-state index is 0.0768. The number of hydrogen-bond donors (Lipinski definition) is 5. The number of aliphatic hydroxyl groups is 1. The second-order valence-corrected chi connectivity index (χ2v) is 7.25. The summed E-state index contributed by atoms with van der Waals surface area (Å²) in [4.78, 5) is 34.3. The zero-order chi connectivity index (χ0) is 12.5. The summed E-state index contributed by atoms with van der Waals surface area (Å²) in [7, 11) is -14.6. The molecule has 0 fully saturated rings. The molecule has 0 rings (SSSR count). The van der Waals surface area contributed by atoms with Crippen LogP contribution in [0.2, 0.25) is 0 Å². The highest BCUT2D eigenvalue weighted by molar-refractivity contribution is 7.75. The normalized spacial score (nSPS) is 21.3. The molecule has 0 heterocycles. The molecule has 3 unspecified atom stereocenters. The Bertz CT molecular complexity index is 369. The van der Waals surface area contributed by atoms with Crippen molar-refractivity contribution in [2.24, 2.45) is 0 Å². The highest BCUT2D eigenvalue weighted by atomic mass is 31.3. The monoisotopic (exact) mass is 281 g/mol. The summed E-state index contributed by atoms with van der Waals surface area (Å²) in [5, 5.41) is 5.56. The average Bonchev–Trinajstić information content (AvgIpc) is 1.97. The van der Waals surface area contributed by atoms with Crippen LogP contribution in [0.25, 0.3) is 0 Å². The fourth-order valence-corrected chi connectivity index (χ4v) is 3.91. The molecular weight excluding hydrogens is 273 g/mol. The molecule has 12 heteroatoms. The lowest BCUT2D eigenvalue weighted by Gasteiger charge is -2.24. The maximum absolute atomic E-state index is 11.1. The van der Waals surface area contributed by atoms with Gasteiger partial charge in [0.15, 0.2) is 0 Å². The molecule has 0 aliphatic carbocycles. The third kappa shape index (κ3) is 3.01. The van der Waals surface area contributed by atoms with Crippen LogP contribution in [0, 0.1) is 0 Å². The van der Waals surface area contributed by atoms with Gasteiger partial charge >= 0.3 is 23.4 Å². The second kappa shape index (κ2) is 4.51. The van der Waals surface area contributed by atoms with Crippen molar-refractivity contribution in [3.05, 3.63) is 12.7 Å². The number of hydrogen-bond acceptors (Lipinski definition) is 5. The maximum Gasteiger partial charge on any atom is 0.703 e. The lowest BCUT2D eigenvalue weighted by atomic mass is 10.7. The van der Waals surface area contributed by atoms with Gasteiger partial charge < -0.3 is 19.8 Å². The van der Waals surface area contributed by atoms with Crippen molar-refractivity contribution >= 4 is 23.4 Å². The molecule has 3 atom stereocenters. The van der Waals surface area contributed by atoms with Crippen LogP contribution in [0.15, 0.2) is 12.7 Å². The Morgan fingerprint density at radius 1 is 1.33 bits per heavy atom. The van der Waals surface area contributed by atoms with Crippen LogP contribution in [0.4, 0.5) is 0 Å². The first-order valence-corrected chi connectivity index (χ1v) is 7.40. The van der Waals surface area contributed by atoms with E-state index in [9.17, 15) is 18.8 Å². The van der Waals surface area contributed by atoms with Crippen LogP contribution in [0.5, 0.6) is 0 Å². The molecule has 88 valence electrons. The van der Waals surface area contributed by atoms with Gasteiger partial charge in [0.25, 0.3) is 5.08 Å². The minimum atomic E-state index is -5.51. The summed E-state index contributed by atoms with van der Waals surface area (Å²) in [6.45, 7) is 2.74. The lowest BCUT2D eigenvalue weighted by Crippen LogP contribution is -2.25. The van der Waals surface area contributed by atoms with Crippen molar-refractivity contribution < 1.29 is 42.7 Å². The Morgan fingerprint density at radius 2 is 1.73 bits per heavy atom. The van der Waals surface area contributed by atoms with E-state index in [1.807, 2.05) is 0 Å². The zero-order valence-electron chi connectivity index (χ0n) is 7.00. The zero-order valence-corrected chi connectivity index (χ0v) is 9.68. The van der Waals surface area contributed by atoms with Crippen LogP contribution >= 0.6 is 23.4 Å². The topological polar surface area (TPSA) is 162 Å². The molecule has 0 saturated heterocycles. The van der Waals surface area contributed by atoms with E-state index in [1.165, 1.54) is 0 Å². The van der Waals surface area contributed by atoms with Crippen LogP contribution in [0.3, 0.4) is 0 Å². The van der Waals surface area contributed by atoms with Crippen LogP contribution in [-0.2, 0) is 18.0 Å². The molecule has 0 aromatic rings. The van der Waals surface area contributed by atoms with E-state index in [0.717, 1.165) is 0 Å². The van der Waals surface area contributed by atoms with Gasteiger partial charge in [-0.2, -0.15) is 0 Å². The molecule has 0 radical (unpaired) electrons. The summed E-state index contributed by atoms with van der Waals surface area (Å²) in [6.07, 6.45) is 0.0768. The van der Waals surface area contributed by atoms with Crippen LogP contribution < -0.4 is 0 Å². The third-order valence-electron chi connectivity index (χ3n) is 1.30. The predicted octanol–water partition coefficient (Wildman–Crippen LogP) is -0.152. The summed E-state index contributed by atoms with van der Waals surface area (Å²) in [5.74, 6) is 0. The van der Waals surface area contributed by atoms with Gasteiger partial charge in [-0.05, 0) is 10.4 Å². The summed E-state index contributed by atoms with van der Waals surface area (Å²) in [5.41, 5.74) is 0. The van der Waals surface area contributed by atoms with Crippen molar-refractivity contribution in [1.82, 2.24) is 0 Å². The lowest BCUT2D eigenvalue weighted by molar-refractivity contribution is 0.170. The molecule has 0 spiro atoms. The molecule has 0 saturated carbocycles. The van der Waals surface area contributed by atoms with Gasteiger partial charge in [-0.1, -0.05) is 6.58 Å². The molecule has 9 nitrogen and oxygen atoms in total. The Kier molecular flexibility index (Phi) is 4.53. The van der Waals surface area contributed by atoms with Gasteiger partial charge in [-0.15, -0.1) is 4.89 Å². The smallest absolute Gasteiger partial charge is 0.364 e. The molecule has 0 aromatic carbocycles. The van der Waals surface area contributed by atoms with Crippen LogP contribution in [-0.4, -0.2) is 29.8 Å². The fraction of sp³-hybridized carbons (Fsp3) is 0.333. The minimum Gasteiger partial charge on any atom is -0.364 e. The summed E-state index contributed by atoms with van der Waals surface area (Å²) < 4.78 is 35.4. The molecule has 15 heavy (non-hydrogen) atoms. The van der Waals surface area contributed by atoms with Crippen LogP contribution in [0.1, 0.15) is 0 Å². The van der Waals surface area contributed by atoms with Gasteiger partial charge in [0.1, 0.15) is 0 Å². The fourth-order valence-electron chi connectivity index (χ4n) is 0.554. The average molecular weight is 281 g/mol. The van der Waals surface area contributed by atoms with E-state index in [1.54, 1.807) is 0 Å². The van der Waals surface area contributed by atoms with E-state index in [4.69, 9.17) is 19.6 Å². The Morgan fingerprint density at radius 3 is 1.93 bits per heavy atom. The van der Waals surface area contributed by atoms with E-state index in [0.29, 0.717) is 0 Å². The summed E-state index contributed by atoms with van der Waals surface area (Å²) >= 11 is 0. The van der Waals surface area contributed by atoms with E-state index in [2.05, 4.69) is 10.9 Å². The molecule has 0 aromatic heterocycles. The first kappa shape index (κ1) is 15.1. The first-order valence-electron chi connectivity index (χ1n) is 3.08. The van der Waals surface area contributed by atoms with Crippen molar-refractivity contribution in [2.75, 3.05) is 0 Å². The molecule has 0 aliphatic rings.